The molecule has 0 bridgehead atoms. The van der Waals surface area contributed by atoms with Crippen molar-refractivity contribution < 1.29 is 4.92 Å². The Morgan fingerprint density at radius 3 is 2.62 bits per heavy atom. The lowest BCUT2D eigenvalue weighted by atomic mass is 9.95. The summed E-state index contributed by atoms with van der Waals surface area (Å²) in [7, 11) is 3.76. The van der Waals surface area contributed by atoms with Crippen LogP contribution in [0.5, 0.6) is 0 Å². The lowest BCUT2D eigenvalue weighted by Crippen LogP contribution is -2.26. The average molecular weight is 372 g/mol. The molecule has 1 saturated carbocycles. The molecule has 1 aromatic carbocycles. The summed E-state index contributed by atoms with van der Waals surface area (Å²) < 4.78 is 2.76. The van der Waals surface area contributed by atoms with Crippen LogP contribution in [-0.2, 0) is 0 Å². The second-order valence-electron chi connectivity index (χ2n) is 6.99. The number of non-ortho nitro benzene ring substituents is 1. The number of aromatic nitrogens is 2. The van der Waals surface area contributed by atoms with Crippen LogP contribution in [0.1, 0.15) is 38.1 Å². The van der Waals surface area contributed by atoms with Gasteiger partial charge >= 0.3 is 0 Å². The smallest absolute Gasteiger partial charge is 0.287 e. The van der Waals surface area contributed by atoms with Crippen LogP contribution in [0.3, 0.4) is 0 Å². The van der Waals surface area contributed by atoms with Gasteiger partial charge in [-0.05, 0) is 18.9 Å². The molecule has 1 aliphatic carbocycles. The third-order valence-electron chi connectivity index (χ3n) is 5.16. The molecule has 0 amide bonds. The van der Waals surface area contributed by atoms with E-state index in [1.165, 1.54) is 23.8 Å². The van der Waals surface area contributed by atoms with Gasteiger partial charge in [0.05, 0.1) is 16.8 Å². The highest BCUT2D eigenvalue weighted by Crippen LogP contribution is 2.42. The largest absolute Gasteiger partial charge is 0.377 e. The molecule has 0 unspecified atom stereocenters. The first-order chi connectivity index (χ1) is 12.5. The van der Waals surface area contributed by atoms with Gasteiger partial charge in [-0.25, -0.2) is 4.98 Å². The molecular weight excluding hydrogens is 352 g/mol. The van der Waals surface area contributed by atoms with Crippen LogP contribution in [0, 0.1) is 10.1 Å². The van der Waals surface area contributed by atoms with E-state index in [4.69, 9.17) is 0 Å². The Labute approximate surface area is 154 Å². The zero-order valence-corrected chi connectivity index (χ0v) is 15.6. The lowest BCUT2D eigenvalue weighted by molar-refractivity contribution is -0.382. The van der Waals surface area contributed by atoms with Gasteiger partial charge in [-0.1, -0.05) is 19.3 Å². The number of nitro groups is 1. The zero-order valence-electron chi connectivity index (χ0n) is 14.8. The standard InChI is InChI=1S/C18H20N4O3S/c1-20(2)12-8-9-13(22(24)25)16-14(12)15-17(26-16)18(23)21(10-19-15)11-6-4-3-5-7-11/h8-11H,3-7H2,1-2H3. The fourth-order valence-corrected chi connectivity index (χ4v) is 5.05. The minimum atomic E-state index is -0.392. The maximum absolute atomic E-state index is 13.1. The number of rotatable bonds is 3. The number of anilines is 1. The molecule has 8 heteroatoms. The summed E-state index contributed by atoms with van der Waals surface area (Å²) in [6, 6.07) is 3.41. The van der Waals surface area contributed by atoms with Gasteiger partial charge in [0.15, 0.2) is 0 Å². The van der Waals surface area contributed by atoms with Crippen LogP contribution in [0.4, 0.5) is 11.4 Å². The molecule has 0 saturated heterocycles. The van der Waals surface area contributed by atoms with Gasteiger partial charge < -0.3 is 4.90 Å². The number of fused-ring (bicyclic) bond motifs is 3. The second-order valence-corrected chi connectivity index (χ2v) is 8.01. The molecule has 2 aromatic heterocycles. The maximum Gasteiger partial charge on any atom is 0.287 e. The van der Waals surface area contributed by atoms with Crippen molar-refractivity contribution in [1.29, 1.82) is 0 Å². The quantitative estimate of drug-likeness (QED) is 0.511. The normalized spacial score (nSPS) is 15.6. The first kappa shape index (κ1) is 17.0. The molecule has 3 aromatic rings. The molecule has 2 heterocycles. The Hall–Kier alpha value is -2.48. The van der Waals surface area contributed by atoms with Crippen LogP contribution >= 0.6 is 11.3 Å². The molecule has 7 nitrogen and oxygen atoms in total. The van der Waals surface area contributed by atoms with E-state index in [1.54, 1.807) is 17.0 Å². The van der Waals surface area contributed by atoms with Crippen molar-refractivity contribution in [3.8, 4) is 0 Å². The monoisotopic (exact) mass is 372 g/mol. The van der Waals surface area contributed by atoms with E-state index in [-0.39, 0.29) is 17.3 Å². The average Bonchev–Trinajstić information content (AvgIpc) is 3.02. The van der Waals surface area contributed by atoms with Crippen molar-refractivity contribution in [1.82, 2.24) is 9.55 Å². The van der Waals surface area contributed by atoms with Gasteiger partial charge in [-0.3, -0.25) is 19.5 Å². The Morgan fingerprint density at radius 2 is 1.96 bits per heavy atom. The van der Waals surface area contributed by atoms with E-state index in [0.29, 0.717) is 20.3 Å². The number of nitrogens with zero attached hydrogens (tertiary/aromatic N) is 4. The van der Waals surface area contributed by atoms with E-state index in [9.17, 15) is 14.9 Å². The molecule has 0 atom stereocenters. The Bertz CT molecular complexity index is 1060. The molecule has 1 fully saturated rings. The molecule has 4 rings (SSSR count). The van der Waals surface area contributed by atoms with Gasteiger partial charge in [0.1, 0.15) is 9.40 Å². The van der Waals surface area contributed by atoms with Crippen molar-refractivity contribution in [3.63, 3.8) is 0 Å². The number of thiophene rings is 1. The van der Waals surface area contributed by atoms with Crippen LogP contribution < -0.4 is 10.5 Å². The van der Waals surface area contributed by atoms with E-state index in [2.05, 4.69) is 4.98 Å². The summed E-state index contributed by atoms with van der Waals surface area (Å²) >= 11 is 1.19. The molecule has 136 valence electrons. The van der Waals surface area contributed by atoms with E-state index in [1.807, 2.05) is 19.0 Å². The molecule has 0 spiro atoms. The van der Waals surface area contributed by atoms with Crippen LogP contribution in [0.25, 0.3) is 20.3 Å². The topological polar surface area (TPSA) is 81.3 Å². The fraction of sp³-hybridized carbons (Fsp3) is 0.444. The van der Waals surface area contributed by atoms with Gasteiger partial charge in [0, 0.05) is 37.3 Å². The van der Waals surface area contributed by atoms with E-state index < -0.39 is 4.92 Å². The fourth-order valence-electron chi connectivity index (χ4n) is 3.85. The first-order valence-corrected chi connectivity index (χ1v) is 9.58. The summed E-state index contributed by atoms with van der Waals surface area (Å²) in [5, 5.41) is 12.2. The van der Waals surface area contributed by atoms with Crippen LogP contribution in [0.2, 0.25) is 0 Å². The van der Waals surface area contributed by atoms with Crippen LogP contribution in [0.15, 0.2) is 23.3 Å². The van der Waals surface area contributed by atoms with E-state index in [0.717, 1.165) is 31.4 Å². The minimum Gasteiger partial charge on any atom is -0.377 e. The highest BCUT2D eigenvalue weighted by molar-refractivity contribution is 7.26. The molecular formula is C18H20N4O3S. The third-order valence-corrected chi connectivity index (χ3v) is 6.35. The second kappa shape index (κ2) is 6.35. The van der Waals surface area contributed by atoms with E-state index >= 15 is 0 Å². The first-order valence-electron chi connectivity index (χ1n) is 8.77. The lowest BCUT2D eigenvalue weighted by Gasteiger charge is -2.23. The summed E-state index contributed by atoms with van der Waals surface area (Å²) in [6.45, 7) is 0. The maximum atomic E-state index is 13.1. The zero-order chi connectivity index (χ0) is 18.4. The molecule has 1 aliphatic rings. The number of benzene rings is 1. The number of hydrogen-bond acceptors (Lipinski definition) is 6. The van der Waals surface area contributed by atoms with Crippen LogP contribution in [-0.4, -0.2) is 28.6 Å². The Kier molecular flexibility index (Phi) is 4.14. The molecule has 0 N–H and O–H groups in total. The van der Waals surface area contributed by atoms with Gasteiger partial charge in [0.2, 0.25) is 0 Å². The molecule has 0 radical (unpaired) electrons. The highest BCUT2D eigenvalue weighted by atomic mass is 32.1. The highest BCUT2D eigenvalue weighted by Gasteiger charge is 2.24. The van der Waals surface area contributed by atoms with Crippen molar-refractivity contribution in [2.75, 3.05) is 19.0 Å². The summed E-state index contributed by atoms with van der Waals surface area (Å²) in [5.41, 5.74) is 1.34. The summed E-state index contributed by atoms with van der Waals surface area (Å²) in [4.78, 5) is 30.7. The van der Waals surface area contributed by atoms with Gasteiger partial charge in [-0.2, -0.15) is 0 Å². The molecule has 0 aliphatic heterocycles. The Balaban J connectivity index is 2.03. The number of nitro benzene ring substituents is 1. The minimum absolute atomic E-state index is 0.0252. The Morgan fingerprint density at radius 1 is 1.23 bits per heavy atom. The third kappa shape index (κ3) is 2.56. The SMILES string of the molecule is CN(C)c1ccc([N+](=O)[O-])c2sc3c(=O)n(C4CCCCC4)cnc3c12. The van der Waals surface area contributed by atoms with Crippen molar-refractivity contribution in [3.05, 3.63) is 38.9 Å². The predicted octanol–water partition coefficient (Wildman–Crippen LogP) is 4.09. The summed E-state index contributed by atoms with van der Waals surface area (Å²) in [5.74, 6) is 0. The van der Waals surface area contributed by atoms with Gasteiger partial charge in [-0.15, -0.1) is 11.3 Å². The van der Waals surface area contributed by atoms with Crippen molar-refractivity contribution in [2.24, 2.45) is 0 Å². The van der Waals surface area contributed by atoms with Crippen molar-refractivity contribution >= 4 is 43.0 Å². The predicted molar refractivity (Wildman–Crippen MR) is 104 cm³/mol. The molecule has 26 heavy (non-hydrogen) atoms. The summed E-state index contributed by atoms with van der Waals surface area (Å²) in [6.07, 6.45) is 7.06. The number of hydrogen-bond donors (Lipinski definition) is 0. The van der Waals surface area contributed by atoms with Crippen molar-refractivity contribution in [2.45, 2.75) is 38.1 Å². The van der Waals surface area contributed by atoms with Gasteiger partial charge in [0.25, 0.3) is 11.2 Å².